The second kappa shape index (κ2) is 7.40. The molecule has 0 aromatic heterocycles. The largest absolute Gasteiger partial charge is 0.351 e. The molecule has 1 aliphatic carbocycles. The van der Waals surface area contributed by atoms with E-state index in [1.54, 1.807) is 0 Å². The molecule has 0 spiro atoms. The fourth-order valence-electron chi connectivity index (χ4n) is 2.52. The second-order valence-electron chi connectivity index (χ2n) is 6.26. The molecule has 1 aromatic rings. The summed E-state index contributed by atoms with van der Waals surface area (Å²) >= 11 is 0. The standard InChI is InChI=1S/C17H25N3O2/c1-12(2)14-5-3-13(4-6-14)11-20(15-7-8-15)10-9-16(21)19-17(18)22/h3-6,12,15H,7-11H2,1-2H3,(H3,18,19,21,22). The number of amides is 3. The predicted octanol–water partition coefficient (Wildman–Crippen LogP) is 2.36. The number of hydrogen-bond acceptors (Lipinski definition) is 3. The first-order valence-corrected chi connectivity index (χ1v) is 7.88. The molecule has 0 saturated heterocycles. The summed E-state index contributed by atoms with van der Waals surface area (Å²) in [7, 11) is 0. The van der Waals surface area contributed by atoms with Crippen LogP contribution in [0, 0.1) is 0 Å². The molecule has 3 N–H and O–H groups in total. The Kier molecular flexibility index (Phi) is 5.55. The molecule has 5 nitrogen and oxygen atoms in total. The summed E-state index contributed by atoms with van der Waals surface area (Å²) in [4.78, 5) is 24.5. The summed E-state index contributed by atoms with van der Waals surface area (Å²) in [6.07, 6.45) is 2.66. The molecule has 3 amide bonds. The van der Waals surface area contributed by atoms with Gasteiger partial charge in [0.25, 0.3) is 0 Å². The monoisotopic (exact) mass is 303 g/mol. The van der Waals surface area contributed by atoms with Crippen LogP contribution in [0.4, 0.5) is 4.79 Å². The molecule has 1 fully saturated rings. The lowest BCUT2D eigenvalue weighted by Crippen LogP contribution is -2.37. The summed E-state index contributed by atoms with van der Waals surface area (Å²) in [6.45, 7) is 5.86. The molecule has 0 aliphatic heterocycles. The van der Waals surface area contributed by atoms with Gasteiger partial charge in [-0.3, -0.25) is 15.0 Å². The van der Waals surface area contributed by atoms with Gasteiger partial charge >= 0.3 is 6.03 Å². The highest BCUT2D eigenvalue weighted by molar-refractivity contribution is 5.93. The molecular formula is C17H25N3O2. The van der Waals surface area contributed by atoms with Crippen molar-refractivity contribution in [3.63, 3.8) is 0 Å². The summed E-state index contributed by atoms with van der Waals surface area (Å²) in [5, 5.41) is 2.11. The van der Waals surface area contributed by atoms with Crippen molar-refractivity contribution in [2.24, 2.45) is 5.73 Å². The highest BCUT2D eigenvalue weighted by atomic mass is 16.2. The van der Waals surface area contributed by atoms with Gasteiger partial charge in [0, 0.05) is 25.6 Å². The number of carbonyl (C=O) groups is 2. The smallest absolute Gasteiger partial charge is 0.318 e. The predicted molar refractivity (Wildman–Crippen MR) is 86.3 cm³/mol. The number of primary amides is 1. The Labute approximate surface area is 131 Å². The highest BCUT2D eigenvalue weighted by Crippen LogP contribution is 2.28. The maximum Gasteiger partial charge on any atom is 0.318 e. The molecule has 1 aliphatic rings. The molecular weight excluding hydrogens is 278 g/mol. The Morgan fingerprint density at radius 1 is 1.27 bits per heavy atom. The van der Waals surface area contributed by atoms with Crippen LogP contribution in [-0.2, 0) is 11.3 Å². The molecule has 0 unspecified atom stereocenters. The summed E-state index contributed by atoms with van der Waals surface area (Å²) in [5.41, 5.74) is 7.54. The first-order valence-electron chi connectivity index (χ1n) is 7.88. The van der Waals surface area contributed by atoms with E-state index in [-0.39, 0.29) is 5.91 Å². The van der Waals surface area contributed by atoms with Crippen molar-refractivity contribution in [1.29, 1.82) is 0 Å². The van der Waals surface area contributed by atoms with Gasteiger partial charge < -0.3 is 5.73 Å². The Hall–Kier alpha value is -1.88. The van der Waals surface area contributed by atoms with Crippen LogP contribution in [0.25, 0.3) is 0 Å². The van der Waals surface area contributed by atoms with Gasteiger partial charge in [0.1, 0.15) is 0 Å². The number of benzene rings is 1. The molecule has 1 saturated carbocycles. The third-order valence-electron chi connectivity index (χ3n) is 3.98. The van der Waals surface area contributed by atoms with Gasteiger partial charge in [-0.25, -0.2) is 4.79 Å². The van der Waals surface area contributed by atoms with E-state index in [4.69, 9.17) is 5.73 Å². The van der Waals surface area contributed by atoms with Crippen molar-refractivity contribution in [2.75, 3.05) is 6.54 Å². The molecule has 5 heteroatoms. The fourth-order valence-corrected chi connectivity index (χ4v) is 2.52. The van der Waals surface area contributed by atoms with Crippen LogP contribution in [0.1, 0.15) is 50.2 Å². The average Bonchev–Trinajstić information content (AvgIpc) is 3.27. The Morgan fingerprint density at radius 3 is 2.41 bits per heavy atom. The topological polar surface area (TPSA) is 75.4 Å². The average molecular weight is 303 g/mol. The van der Waals surface area contributed by atoms with Crippen LogP contribution >= 0.6 is 0 Å². The Morgan fingerprint density at radius 2 is 1.91 bits per heavy atom. The van der Waals surface area contributed by atoms with Gasteiger partial charge in [0.05, 0.1) is 0 Å². The number of urea groups is 1. The van der Waals surface area contributed by atoms with E-state index in [9.17, 15) is 9.59 Å². The van der Waals surface area contributed by atoms with Crippen molar-refractivity contribution >= 4 is 11.9 Å². The zero-order valence-electron chi connectivity index (χ0n) is 13.3. The third kappa shape index (κ3) is 5.15. The zero-order chi connectivity index (χ0) is 16.1. The lowest BCUT2D eigenvalue weighted by molar-refractivity contribution is -0.120. The first kappa shape index (κ1) is 16.5. The number of imide groups is 1. The van der Waals surface area contributed by atoms with E-state index < -0.39 is 6.03 Å². The number of hydrogen-bond donors (Lipinski definition) is 2. The van der Waals surface area contributed by atoms with Crippen molar-refractivity contribution in [3.05, 3.63) is 35.4 Å². The van der Waals surface area contributed by atoms with Gasteiger partial charge in [-0.2, -0.15) is 0 Å². The molecule has 0 radical (unpaired) electrons. The molecule has 22 heavy (non-hydrogen) atoms. The van der Waals surface area contributed by atoms with Crippen LogP contribution in [-0.4, -0.2) is 29.4 Å². The van der Waals surface area contributed by atoms with Crippen LogP contribution in [0.15, 0.2) is 24.3 Å². The first-order chi connectivity index (χ1) is 10.5. The fraction of sp³-hybridized carbons (Fsp3) is 0.529. The normalized spacial score (nSPS) is 14.4. The number of nitrogens with one attached hydrogen (secondary N) is 1. The van der Waals surface area contributed by atoms with Gasteiger partial charge in [-0.15, -0.1) is 0 Å². The minimum Gasteiger partial charge on any atom is -0.351 e. The SMILES string of the molecule is CC(C)c1ccc(CN(CCC(=O)NC(N)=O)C2CC2)cc1. The van der Waals surface area contributed by atoms with Crippen LogP contribution in [0.5, 0.6) is 0 Å². The van der Waals surface area contributed by atoms with Crippen molar-refractivity contribution in [3.8, 4) is 0 Å². The van der Waals surface area contributed by atoms with Gasteiger partial charge in [0.15, 0.2) is 0 Å². The lowest BCUT2D eigenvalue weighted by Gasteiger charge is -2.22. The summed E-state index contributed by atoms with van der Waals surface area (Å²) < 4.78 is 0. The molecule has 0 bridgehead atoms. The van der Waals surface area contributed by atoms with Gasteiger partial charge in [-0.1, -0.05) is 38.1 Å². The quantitative estimate of drug-likeness (QED) is 0.812. The molecule has 0 heterocycles. The number of rotatable bonds is 7. The number of carbonyl (C=O) groups excluding carboxylic acids is 2. The van der Waals surface area contributed by atoms with Crippen LogP contribution in [0.3, 0.4) is 0 Å². The molecule has 1 aromatic carbocycles. The minimum absolute atomic E-state index is 0.295. The Bertz CT molecular complexity index is 521. The van der Waals surface area contributed by atoms with E-state index >= 15 is 0 Å². The van der Waals surface area contributed by atoms with Gasteiger partial charge in [0.2, 0.25) is 5.91 Å². The molecule has 120 valence electrons. The maximum absolute atomic E-state index is 11.5. The van der Waals surface area contributed by atoms with E-state index in [1.165, 1.54) is 24.0 Å². The second-order valence-corrected chi connectivity index (χ2v) is 6.26. The van der Waals surface area contributed by atoms with E-state index in [1.807, 2.05) is 0 Å². The Balaban J connectivity index is 1.89. The molecule has 0 atom stereocenters. The maximum atomic E-state index is 11.5. The third-order valence-corrected chi connectivity index (χ3v) is 3.98. The van der Waals surface area contributed by atoms with Crippen molar-refractivity contribution in [2.45, 2.75) is 51.6 Å². The van der Waals surface area contributed by atoms with Crippen molar-refractivity contribution < 1.29 is 9.59 Å². The summed E-state index contributed by atoms with van der Waals surface area (Å²) in [6, 6.07) is 8.44. The van der Waals surface area contributed by atoms with Gasteiger partial charge in [-0.05, 0) is 29.9 Å². The molecule has 2 rings (SSSR count). The van der Waals surface area contributed by atoms with Crippen LogP contribution < -0.4 is 11.1 Å². The minimum atomic E-state index is -0.785. The van der Waals surface area contributed by atoms with Crippen LogP contribution in [0.2, 0.25) is 0 Å². The zero-order valence-corrected chi connectivity index (χ0v) is 13.3. The summed E-state index contributed by atoms with van der Waals surface area (Å²) in [5.74, 6) is 0.222. The van der Waals surface area contributed by atoms with E-state index in [0.717, 1.165) is 6.54 Å². The van der Waals surface area contributed by atoms with E-state index in [2.05, 4.69) is 48.3 Å². The lowest BCUT2D eigenvalue weighted by atomic mass is 10.0. The highest BCUT2D eigenvalue weighted by Gasteiger charge is 2.29. The van der Waals surface area contributed by atoms with E-state index in [0.29, 0.717) is 24.9 Å². The number of nitrogens with two attached hydrogens (primary N) is 1. The number of nitrogens with zero attached hydrogens (tertiary/aromatic N) is 1. The van der Waals surface area contributed by atoms with Crippen molar-refractivity contribution in [1.82, 2.24) is 10.2 Å².